The molecule has 0 bridgehead atoms. The molecule has 0 atom stereocenters. The van der Waals surface area contributed by atoms with Crippen LogP contribution >= 0.6 is 35.3 Å². The Morgan fingerprint density at radius 1 is 1.17 bits per heavy atom. The SMILES string of the molecule is Cc1ccc(C(=O)CSc2nn(-c3ccccc3)c(=S)s2)cc1C. The second-order valence-electron chi connectivity index (χ2n) is 5.39. The first-order valence-corrected chi connectivity index (χ1v) is 9.64. The molecule has 0 saturated carbocycles. The quantitative estimate of drug-likeness (QED) is 0.348. The molecular weight excluding hydrogens is 356 g/mol. The number of para-hydroxylation sites is 1. The molecule has 0 unspecified atom stereocenters. The Labute approximate surface area is 154 Å². The Morgan fingerprint density at radius 3 is 2.62 bits per heavy atom. The topological polar surface area (TPSA) is 34.9 Å². The number of carbonyl (C=O) groups is 1. The van der Waals surface area contributed by atoms with Gasteiger partial charge in [0.15, 0.2) is 14.1 Å². The lowest BCUT2D eigenvalue weighted by Crippen LogP contribution is -2.03. The minimum Gasteiger partial charge on any atom is -0.293 e. The summed E-state index contributed by atoms with van der Waals surface area (Å²) < 4.78 is 3.23. The minimum atomic E-state index is 0.107. The van der Waals surface area contributed by atoms with Gasteiger partial charge in [-0.25, -0.2) is 4.68 Å². The van der Waals surface area contributed by atoms with E-state index < -0.39 is 0 Å². The summed E-state index contributed by atoms with van der Waals surface area (Å²) in [6.45, 7) is 4.06. The van der Waals surface area contributed by atoms with Crippen molar-refractivity contribution < 1.29 is 4.79 Å². The highest BCUT2D eigenvalue weighted by Gasteiger charge is 2.11. The van der Waals surface area contributed by atoms with Crippen molar-refractivity contribution in [2.45, 2.75) is 18.2 Å². The van der Waals surface area contributed by atoms with Crippen LogP contribution in [0.15, 0.2) is 52.9 Å². The molecule has 0 saturated heterocycles. The highest BCUT2D eigenvalue weighted by atomic mass is 32.2. The van der Waals surface area contributed by atoms with Crippen LogP contribution in [0.2, 0.25) is 0 Å². The third-order valence-corrected chi connectivity index (χ3v) is 6.05. The number of rotatable bonds is 5. The lowest BCUT2D eigenvalue weighted by atomic mass is 10.0. The summed E-state index contributed by atoms with van der Waals surface area (Å²) in [6.07, 6.45) is 0. The predicted molar refractivity (Wildman–Crippen MR) is 103 cm³/mol. The number of thioether (sulfide) groups is 1. The van der Waals surface area contributed by atoms with E-state index in [0.29, 0.717) is 9.71 Å². The van der Waals surface area contributed by atoms with Gasteiger partial charge in [-0.3, -0.25) is 4.79 Å². The molecule has 3 nitrogen and oxygen atoms in total. The summed E-state index contributed by atoms with van der Waals surface area (Å²) in [5.41, 5.74) is 4.01. The number of aryl methyl sites for hydroxylation is 2. The molecule has 1 heterocycles. The van der Waals surface area contributed by atoms with Crippen molar-refractivity contribution in [3.05, 3.63) is 69.2 Å². The van der Waals surface area contributed by atoms with E-state index in [-0.39, 0.29) is 5.78 Å². The summed E-state index contributed by atoms with van der Waals surface area (Å²) in [6, 6.07) is 15.6. The van der Waals surface area contributed by atoms with Gasteiger partial charge in [-0.2, -0.15) is 0 Å². The largest absolute Gasteiger partial charge is 0.293 e. The smallest absolute Gasteiger partial charge is 0.184 e. The first kappa shape index (κ1) is 17.1. The summed E-state index contributed by atoms with van der Waals surface area (Å²) in [4.78, 5) is 12.4. The Kier molecular flexibility index (Phi) is 5.28. The normalized spacial score (nSPS) is 10.8. The Balaban J connectivity index is 1.72. The zero-order valence-electron chi connectivity index (χ0n) is 13.4. The zero-order valence-corrected chi connectivity index (χ0v) is 15.8. The first-order valence-electron chi connectivity index (χ1n) is 7.43. The van der Waals surface area contributed by atoms with Crippen molar-refractivity contribution in [2.75, 3.05) is 5.75 Å². The molecule has 6 heteroatoms. The van der Waals surface area contributed by atoms with Crippen molar-refractivity contribution in [2.24, 2.45) is 0 Å². The highest BCUT2D eigenvalue weighted by Crippen LogP contribution is 2.25. The summed E-state index contributed by atoms with van der Waals surface area (Å²) >= 11 is 8.24. The third-order valence-electron chi connectivity index (χ3n) is 3.69. The first-order chi connectivity index (χ1) is 11.5. The van der Waals surface area contributed by atoms with E-state index in [1.165, 1.54) is 28.7 Å². The van der Waals surface area contributed by atoms with E-state index in [1.54, 1.807) is 4.68 Å². The highest BCUT2D eigenvalue weighted by molar-refractivity contribution is 8.01. The molecule has 0 fully saturated rings. The van der Waals surface area contributed by atoms with Gasteiger partial charge in [-0.1, -0.05) is 53.4 Å². The van der Waals surface area contributed by atoms with Crippen molar-refractivity contribution in [3.8, 4) is 5.69 Å². The van der Waals surface area contributed by atoms with E-state index in [2.05, 4.69) is 5.10 Å². The number of hydrogen-bond donors (Lipinski definition) is 0. The predicted octanol–water partition coefficient (Wildman–Crippen LogP) is 5.26. The number of nitrogens with zero attached hydrogens (tertiary/aromatic N) is 2. The monoisotopic (exact) mass is 372 g/mol. The average Bonchev–Trinajstić information content (AvgIpc) is 2.97. The zero-order chi connectivity index (χ0) is 17.1. The van der Waals surface area contributed by atoms with Crippen LogP contribution in [0.3, 0.4) is 0 Å². The van der Waals surface area contributed by atoms with Crippen molar-refractivity contribution in [1.29, 1.82) is 0 Å². The Morgan fingerprint density at radius 2 is 1.92 bits per heavy atom. The summed E-state index contributed by atoms with van der Waals surface area (Å²) in [7, 11) is 0. The van der Waals surface area contributed by atoms with Crippen LogP contribution in [0.1, 0.15) is 21.5 Å². The van der Waals surface area contributed by atoms with Gasteiger partial charge in [0.1, 0.15) is 0 Å². The molecule has 1 aromatic heterocycles. The van der Waals surface area contributed by atoms with E-state index >= 15 is 0 Å². The second-order valence-corrected chi connectivity index (χ2v) is 8.24. The standard InChI is InChI=1S/C18H16N2OS3/c1-12-8-9-14(10-13(12)2)16(21)11-23-17-19-20(18(22)24-17)15-6-4-3-5-7-15/h3-10H,11H2,1-2H3. The molecule has 0 radical (unpaired) electrons. The Bertz CT molecular complexity index is 929. The fourth-order valence-electron chi connectivity index (χ4n) is 2.18. The fraction of sp³-hybridized carbons (Fsp3) is 0.167. The molecule has 0 aliphatic heterocycles. The van der Waals surface area contributed by atoms with Crippen molar-refractivity contribution >= 4 is 41.1 Å². The van der Waals surface area contributed by atoms with E-state index in [4.69, 9.17) is 12.2 Å². The molecular formula is C18H16N2OS3. The van der Waals surface area contributed by atoms with Gasteiger partial charge >= 0.3 is 0 Å². The van der Waals surface area contributed by atoms with Crippen molar-refractivity contribution in [3.63, 3.8) is 0 Å². The molecule has 0 amide bonds. The Hall–Kier alpha value is -1.76. The van der Waals surface area contributed by atoms with Crippen LogP contribution in [0.4, 0.5) is 0 Å². The number of carbonyl (C=O) groups excluding carboxylic acids is 1. The number of hydrogen-bond acceptors (Lipinski definition) is 5. The van der Waals surface area contributed by atoms with Gasteiger partial charge < -0.3 is 0 Å². The lowest BCUT2D eigenvalue weighted by Gasteiger charge is -2.03. The van der Waals surface area contributed by atoms with Gasteiger partial charge in [0.25, 0.3) is 0 Å². The van der Waals surface area contributed by atoms with Crippen LogP contribution in [0.5, 0.6) is 0 Å². The van der Waals surface area contributed by atoms with Gasteiger partial charge in [0.2, 0.25) is 0 Å². The summed E-state index contributed by atoms with van der Waals surface area (Å²) in [5.74, 6) is 0.468. The maximum Gasteiger partial charge on any atom is 0.184 e. The molecule has 122 valence electrons. The van der Waals surface area contributed by atoms with Gasteiger partial charge in [-0.05, 0) is 55.4 Å². The van der Waals surface area contributed by atoms with Crippen LogP contribution in [0, 0.1) is 17.8 Å². The molecule has 0 aliphatic carbocycles. The molecule has 24 heavy (non-hydrogen) atoms. The maximum absolute atomic E-state index is 12.4. The lowest BCUT2D eigenvalue weighted by molar-refractivity contribution is 0.102. The second kappa shape index (κ2) is 7.42. The molecule has 3 rings (SSSR count). The van der Waals surface area contributed by atoms with Crippen LogP contribution < -0.4 is 0 Å². The van der Waals surface area contributed by atoms with E-state index in [9.17, 15) is 4.79 Å². The van der Waals surface area contributed by atoms with Gasteiger partial charge in [0.05, 0.1) is 11.4 Å². The molecule has 2 aromatic carbocycles. The molecule has 0 spiro atoms. The third kappa shape index (κ3) is 3.83. The van der Waals surface area contributed by atoms with Crippen LogP contribution in [-0.4, -0.2) is 21.3 Å². The van der Waals surface area contributed by atoms with E-state index in [1.807, 2.05) is 62.4 Å². The number of ketones is 1. The van der Waals surface area contributed by atoms with Crippen LogP contribution in [-0.2, 0) is 0 Å². The minimum absolute atomic E-state index is 0.107. The van der Waals surface area contributed by atoms with Gasteiger partial charge in [0, 0.05) is 5.56 Å². The summed E-state index contributed by atoms with van der Waals surface area (Å²) in [5, 5.41) is 4.52. The molecule has 0 N–H and O–H groups in total. The van der Waals surface area contributed by atoms with Crippen molar-refractivity contribution in [1.82, 2.24) is 9.78 Å². The number of Topliss-reactive ketones (excluding diaryl/α,β-unsaturated/α-hetero) is 1. The number of aromatic nitrogens is 2. The molecule has 3 aromatic rings. The fourth-order valence-corrected chi connectivity index (χ4v) is 4.43. The van der Waals surface area contributed by atoms with Gasteiger partial charge in [-0.15, -0.1) is 5.10 Å². The van der Waals surface area contributed by atoms with Crippen LogP contribution in [0.25, 0.3) is 5.69 Å². The number of benzene rings is 2. The van der Waals surface area contributed by atoms with E-state index in [0.717, 1.165) is 21.2 Å². The molecule has 0 aliphatic rings. The average molecular weight is 373 g/mol. The maximum atomic E-state index is 12.4.